The Balaban J connectivity index is 2.26. The van der Waals surface area contributed by atoms with Gasteiger partial charge in [0, 0.05) is 24.8 Å². The maximum atomic E-state index is 11.8. The molecule has 1 aromatic carbocycles. The number of carbonyl (C=O) groups excluding carboxylic acids is 1. The van der Waals surface area contributed by atoms with E-state index in [4.69, 9.17) is 19.9 Å². The van der Waals surface area contributed by atoms with Crippen LogP contribution in [0, 0.1) is 0 Å². The normalized spacial score (nSPS) is 10.4. The number of hydrogen-bond donors (Lipinski definition) is 1. The average molecular weight is 332 g/mol. The molecule has 5 nitrogen and oxygen atoms in total. The van der Waals surface area contributed by atoms with E-state index < -0.39 is 5.97 Å². The molecule has 0 radical (unpaired) electrons. The summed E-state index contributed by atoms with van der Waals surface area (Å²) >= 11 is 3.26. The number of halogens is 1. The van der Waals surface area contributed by atoms with Crippen LogP contribution in [0.25, 0.3) is 0 Å². The summed E-state index contributed by atoms with van der Waals surface area (Å²) in [5, 5.41) is 0. The lowest BCUT2D eigenvalue weighted by atomic mass is 10.2. The second-order valence-corrected chi connectivity index (χ2v) is 4.65. The highest BCUT2D eigenvalue weighted by atomic mass is 79.9. The van der Waals surface area contributed by atoms with Gasteiger partial charge < -0.3 is 19.9 Å². The minimum atomic E-state index is -0.445. The molecule has 0 bridgehead atoms. The number of nitrogens with two attached hydrogens (primary N) is 1. The van der Waals surface area contributed by atoms with E-state index in [-0.39, 0.29) is 6.61 Å². The predicted molar refractivity (Wildman–Crippen MR) is 76.1 cm³/mol. The minimum Gasteiger partial charge on any atom is -0.460 e. The lowest BCUT2D eigenvalue weighted by molar-refractivity contribution is 0.0289. The number of carbonyl (C=O) groups is 1. The molecule has 0 unspecified atom stereocenters. The molecular formula is C13H18BrNO4. The smallest absolute Gasteiger partial charge is 0.340 e. The second kappa shape index (κ2) is 8.90. The van der Waals surface area contributed by atoms with Gasteiger partial charge in [0.25, 0.3) is 0 Å². The van der Waals surface area contributed by atoms with Crippen molar-refractivity contribution in [1.29, 1.82) is 0 Å². The Morgan fingerprint density at radius 1 is 1.26 bits per heavy atom. The number of nitrogen functional groups attached to an aromatic ring is 1. The fourth-order valence-corrected chi connectivity index (χ4v) is 1.76. The van der Waals surface area contributed by atoms with Crippen LogP contribution < -0.4 is 5.73 Å². The Bertz CT molecular complexity index is 412. The maximum Gasteiger partial charge on any atom is 0.340 e. The Morgan fingerprint density at radius 2 is 2.05 bits per heavy atom. The zero-order valence-electron chi connectivity index (χ0n) is 10.9. The standard InChI is InChI=1S/C13H18BrNO4/c1-17-6-3-7-18-8-9-19-13(16)10-4-2-5-11(14)12(10)15/h2,4-5H,3,6-9,15H2,1H3. The highest BCUT2D eigenvalue weighted by Crippen LogP contribution is 2.23. The van der Waals surface area contributed by atoms with E-state index >= 15 is 0 Å². The maximum absolute atomic E-state index is 11.8. The second-order valence-electron chi connectivity index (χ2n) is 3.80. The molecule has 0 fully saturated rings. The molecular weight excluding hydrogens is 314 g/mol. The van der Waals surface area contributed by atoms with Crippen LogP contribution >= 0.6 is 15.9 Å². The van der Waals surface area contributed by atoms with Crippen LogP contribution in [0.5, 0.6) is 0 Å². The highest BCUT2D eigenvalue weighted by Gasteiger charge is 2.12. The number of ether oxygens (including phenoxy) is 3. The molecule has 0 saturated heterocycles. The Morgan fingerprint density at radius 3 is 2.79 bits per heavy atom. The number of para-hydroxylation sites is 1. The first-order valence-corrected chi connectivity index (χ1v) is 6.74. The molecule has 0 aromatic heterocycles. The van der Waals surface area contributed by atoms with Gasteiger partial charge in [-0.2, -0.15) is 0 Å². The van der Waals surface area contributed by atoms with Crippen LogP contribution in [-0.4, -0.2) is 39.5 Å². The summed E-state index contributed by atoms with van der Waals surface area (Å²) < 4.78 is 15.9. The third-order valence-electron chi connectivity index (χ3n) is 2.37. The van der Waals surface area contributed by atoms with Gasteiger partial charge in [-0.3, -0.25) is 0 Å². The quantitative estimate of drug-likeness (QED) is 0.449. The molecule has 0 atom stereocenters. The van der Waals surface area contributed by atoms with Gasteiger partial charge in [0.15, 0.2) is 0 Å². The summed E-state index contributed by atoms with van der Waals surface area (Å²) in [6.07, 6.45) is 0.822. The van der Waals surface area contributed by atoms with E-state index in [0.29, 0.717) is 35.5 Å². The molecule has 106 valence electrons. The summed E-state index contributed by atoms with van der Waals surface area (Å²) in [4.78, 5) is 11.8. The molecule has 19 heavy (non-hydrogen) atoms. The van der Waals surface area contributed by atoms with E-state index in [1.54, 1.807) is 25.3 Å². The number of esters is 1. The average Bonchev–Trinajstić information content (AvgIpc) is 2.40. The van der Waals surface area contributed by atoms with Gasteiger partial charge in [-0.25, -0.2) is 4.79 Å². The molecule has 0 aliphatic heterocycles. The molecule has 0 aliphatic rings. The number of rotatable bonds is 8. The molecule has 1 rings (SSSR count). The molecule has 2 N–H and O–H groups in total. The van der Waals surface area contributed by atoms with Crippen LogP contribution in [0.3, 0.4) is 0 Å². The molecule has 0 heterocycles. The van der Waals surface area contributed by atoms with E-state index in [1.165, 1.54) is 0 Å². The highest BCUT2D eigenvalue weighted by molar-refractivity contribution is 9.10. The number of methoxy groups -OCH3 is 1. The number of hydrogen-bond acceptors (Lipinski definition) is 5. The van der Waals surface area contributed by atoms with E-state index in [9.17, 15) is 4.79 Å². The van der Waals surface area contributed by atoms with Crippen molar-refractivity contribution in [3.05, 3.63) is 28.2 Å². The summed E-state index contributed by atoms with van der Waals surface area (Å²) in [7, 11) is 1.64. The van der Waals surface area contributed by atoms with Gasteiger partial charge in [-0.05, 0) is 34.5 Å². The SMILES string of the molecule is COCCCOCCOC(=O)c1cccc(Br)c1N. The zero-order chi connectivity index (χ0) is 14.1. The third kappa shape index (κ3) is 5.59. The lowest BCUT2D eigenvalue weighted by Gasteiger charge is -2.08. The Labute approximate surface area is 121 Å². The number of benzene rings is 1. The molecule has 6 heteroatoms. The summed E-state index contributed by atoms with van der Waals surface area (Å²) in [6.45, 7) is 1.82. The van der Waals surface area contributed by atoms with Crippen molar-refractivity contribution in [3.63, 3.8) is 0 Å². The van der Waals surface area contributed by atoms with Gasteiger partial charge in [-0.1, -0.05) is 6.07 Å². The largest absolute Gasteiger partial charge is 0.460 e. The molecule has 0 aliphatic carbocycles. The van der Waals surface area contributed by atoms with Crippen LogP contribution in [-0.2, 0) is 14.2 Å². The van der Waals surface area contributed by atoms with Crippen molar-refractivity contribution in [2.75, 3.05) is 39.3 Å². The van der Waals surface area contributed by atoms with Crippen molar-refractivity contribution >= 4 is 27.6 Å². The lowest BCUT2D eigenvalue weighted by Crippen LogP contribution is -2.13. The Kier molecular flexibility index (Phi) is 7.47. The van der Waals surface area contributed by atoms with Crippen molar-refractivity contribution < 1.29 is 19.0 Å². The van der Waals surface area contributed by atoms with Crippen molar-refractivity contribution in [1.82, 2.24) is 0 Å². The van der Waals surface area contributed by atoms with Crippen LogP contribution in [0.1, 0.15) is 16.8 Å². The van der Waals surface area contributed by atoms with Crippen molar-refractivity contribution in [2.24, 2.45) is 0 Å². The summed E-state index contributed by atoms with van der Waals surface area (Å²) in [5.74, 6) is -0.445. The number of anilines is 1. The fourth-order valence-electron chi connectivity index (χ4n) is 1.39. The molecule has 0 spiro atoms. The topological polar surface area (TPSA) is 70.8 Å². The van der Waals surface area contributed by atoms with E-state index in [0.717, 1.165) is 6.42 Å². The third-order valence-corrected chi connectivity index (χ3v) is 3.06. The van der Waals surface area contributed by atoms with Crippen molar-refractivity contribution in [2.45, 2.75) is 6.42 Å². The molecule has 0 saturated carbocycles. The van der Waals surface area contributed by atoms with E-state index in [2.05, 4.69) is 15.9 Å². The van der Waals surface area contributed by atoms with E-state index in [1.807, 2.05) is 0 Å². The first-order valence-electron chi connectivity index (χ1n) is 5.94. The first-order chi connectivity index (χ1) is 9.16. The fraction of sp³-hybridized carbons (Fsp3) is 0.462. The summed E-state index contributed by atoms with van der Waals surface area (Å²) in [5.41, 5.74) is 6.51. The van der Waals surface area contributed by atoms with Crippen LogP contribution in [0.4, 0.5) is 5.69 Å². The molecule has 1 aromatic rings. The Hall–Kier alpha value is -1.11. The van der Waals surface area contributed by atoms with Gasteiger partial charge in [0.1, 0.15) is 6.61 Å². The minimum absolute atomic E-state index is 0.206. The predicted octanol–water partition coefficient (Wildman–Crippen LogP) is 2.24. The van der Waals surface area contributed by atoms with Gasteiger partial charge in [-0.15, -0.1) is 0 Å². The van der Waals surface area contributed by atoms with Crippen LogP contribution in [0.15, 0.2) is 22.7 Å². The van der Waals surface area contributed by atoms with Crippen molar-refractivity contribution in [3.8, 4) is 0 Å². The summed E-state index contributed by atoms with van der Waals surface area (Å²) in [6, 6.07) is 5.13. The van der Waals surface area contributed by atoms with Gasteiger partial charge in [0.05, 0.1) is 17.9 Å². The molecule has 0 amide bonds. The monoisotopic (exact) mass is 331 g/mol. The van der Waals surface area contributed by atoms with Crippen LogP contribution in [0.2, 0.25) is 0 Å². The van der Waals surface area contributed by atoms with Gasteiger partial charge >= 0.3 is 5.97 Å². The first kappa shape index (κ1) is 15.9. The van der Waals surface area contributed by atoms with Gasteiger partial charge in [0.2, 0.25) is 0 Å². The zero-order valence-corrected chi connectivity index (χ0v) is 12.4.